The number of ketones is 1. The van der Waals surface area contributed by atoms with Gasteiger partial charge in [-0.1, -0.05) is 0 Å². The molecule has 0 unspecified atom stereocenters. The van der Waals surface area contributed by atoms with Crippen molar-refractivity contribution < 1.29 is 23.1 Å². The molecule has 106 valence electrons. The first-order chi connectivity index (χ1) is 9.51. The van der Waals surface area contributed by atoms with Crippen LogP contribution in [0.1, 0.15) is 29.6 Å². The second-order valence-corrected chi connectivity index (χ2v) is 4.42. The Labute approximate surface area is 114 Å². The first-order valence-corrected chi connectivity index (χ1v) is 6.09. The summed E-state index contributed by atoms with van der Waals surface area (Å²) in [5.41, 5.74) is 0.294. The molecule has 1 N–H and O–H groups in total. The maximum atomic E-state index is 13.5. The van der Waals surface area contributed by atoms with Crippen molar-refractivity contribution in [2.45, 2.75) is 19.3 Å². The summed E-state index contributed by atoms with van der Waals surface area (Å²) in [4.78, 5) is 23.1. The molecule has 1 aliphatic rings. The number of allylic oxidation sites excluding steroid dienone is 2. The van der Waals surface area contributed by atoms with E-state index >= 15 is 0 Å². The fraction of sp³-hybridized carbons (Fsp3) is 0.286. The van der Waals surface area contributed by atoms with Crippen molar-refractivity contribution in [3.63, 3.8) is 0 Å². The van der Waals surface area contributed by atoms with Crippen LogP contribution in [0, 0.1) is 11.6 Å². The minimum absolute atomic E-state index is 0.0707. The summed E-state index contributed by atoms with van der Waals surface area (Å²) in [5.74, 6) is -3.17. The van der Waals surface area contributed by atoms with Crippen LogP contribution in [0.15, 0.2) is 23.9 Å². The van der Waals surface area contributed by atoms with E-state index in [0.29, 0.717) is 25.0 Å². The zero-order valence-electron chi connectivity index (χ0n) is 10.8. The molecule has 0 heterocycles. The second-order valence-electron chi connectivity index (χ2n) is 4.42. The van der Waals surface area contributed by atoms with E-state index in [4.69, 9.17) is 0 Å². The molecule has 1 amide bonds. The third kappa shape index (κ3) is 3.01. The first kappa shape index (κ1) is 14.2. The van der Waals surface area contributed by atoms with Crippen molar-refractivity contribution in [2.75, 3.05) is 7.11 Å². The van der Waals surface area contributed by atoms with E-state index in [-0.39, 0.29) is 11.3 Å². The number of hydrogen-bond acceptors (Lipinski definition) is 3. The van der Waals surface area contributed by atoms with E-state index in [1.165, 1.54) is 6.08 Å². The van der Waals surface area contributed by atoms with Gasteiger partial charge < -0.3 is 10.1 Å². The van der Waals surface area contributed by atoms with Crippen LogP contribution in [0.3, 0.4) is 0 Å². The number of carbonyl (C=O) groups is 2. The molecular weight excluding hydrogens is 268 g/mol. The molecule has 0 aromatic heterocycles. The zero-order valence-corrected chi connectivity index (χ0v) is 10.8. The van der Waals surface area contributed by atoms with Gasteiger partial charge in [-0.2, -0.15) is 0 Å². The first-order valence-electron chi connectivity index (χ1n) is 6.09. The van der Waals surface area contributed by atoms with Crippen molar-refractivity contribution in [2.24, 2.45) is 0 Å². The molecule has 0 bridgehead atoms. The number of rotatable bonds is 3. The maximum absolute atomic E-state index is 13.5. The lowest BCUT2D eigenvalue weighted by Crippen LogP contribution is -2.25. The van der Waals surface area contributed by atoms with Crippen molar-refractivity contribution in [1.29, 1.82) is 0 Å². The van der Waals surface area contributed by atoms with E-state index < -0.39 is 23.3 Å². The second kappa shape index (κ2) is 5.81. The highest BCUT2D eigenvalue weighted by atomic mass is 19.1. The summed E-state index contributed by atoms with van der Waals surface area (Å²) >= 11 is 0. The molecule has 1 aromatic rings. The van der Waals surface area contributed by atoms with Crippen LogP contribution in [0.25, 0.3) is 0 Å². The van der Waals surface area contributed by atoms with E-state index in [9.17, 15) is 18.4 Å². The SMILES string of the molecule is COc1c(F)cc(C(=O)NC2=CC(=O)CCC2)cc1F. The van der Waals surface area contributed by atoms with Crippen LogP contribution < -0.4 is 10.1 Å². The molecule has 4 nitrogen and oxygen atoms in total. The van der Waals surface area contributed by atoms with Crippen LogP contribution in [0.2, 0.25) is 0 Å². The Bertz CT molecular complexity index is 573. The number of nitrogens with one attached hydrogen (secondary N) is 1. The zero-order chi connectivity index (χ0) is 14.7. The molecule has 1 aromatic carbocycles. The van der Waals surface area contributed by atoms with E-state index in [1.807, 2.05) is 0 Å². The summed E-state index contributed by atoms with van der Waals surface area (Å²) in [5, 5.41) is 2.48. The lowest BCUT2D eigenvalue weighted by atomic mass is 10.0. The number of benzene rings is 1. The fourth-order valence-corrected chi connectivity index (χ4v) is 1.99. The van der Waals surface area contributed by atoms with E-state index in [2.05, 4.69) is 10.1 Å². The quantitative estimate of drug-likeness (QED) is 0.925. The number of methoxy groups -OCH3 is 1. The third-order valence-electron chi connectivity index (χ3n) is 2.94. The Balaban J connectivity index is 2.19. The van der Waals surface area contributed by atoms with Crippen LogP contribution in [0.5, 0.6) is 5.75 Å². The summed E-state index contributed by atoms with van der Waals surface area (Å²) in [6.07, 6.45) is 3.00. The summed E-state index contributed by atoms with van der Waals surface area (Å²) in [7, 11) is 1.14. The topological polar surface area (TPSA) is 55.4 Å². The lowest BCUT2D eigenvalue weighted by molar-refractivity contribution is -0.115. The molecule has 6 heteroatoms. The minimum atomic E-state index is -0.952. The lowest BCUT2D eigenvalue weighted by Gasteiger charge is -2.13. The number of ether oxygens (including phenoxy) is 1. The van der Waals surface area contributed by atoms with Gasteiger partial charge >= 0.3 is 0 Å². The average Bonchev–Trinajstić information content (AvgIpc) is 2.38. The highest BCUT2D eigenvalue weighted by molar-refractivity contribution is 5.97. The molecule has 0 saturated heterocycles. The molecule has 0 atom stereocenters. The minimum Gasteiger partial charge on any atom is -0.491 e. The Morgan fingerprint density at radius 2 is 1.90 bits per heavy atom. The van der Waals surface area contributed by atoms with Gasteiger partial charge in [-0.25, -0.2) is 8.78 Å². The Kier molecular flexibility index (Phi) is 4.12. The van der Waals surface area contributed by atoms with Crippen molar-refractivity contribution >= 4 is 11.7 Å². The summed E-state index contributed by atoms with van der Waals surface area (Å²) < 4.78 is 31.5. The van der Waals surface area contributed by atoms with Crippen molar-refractivity contribution in [1.82, 2.24) is 5.32 Å². The largest absolute Gasteiger partial charge is 0.491 e. The van der Waals surface area contributed by atoms with Crippen LogP contribution >= 0.6 is 0 Å². The predicted molar refractivity (Wildman–Crippen MR) is 67.3 cm³/mol. The summed E-state index contributed by atoms with van der Waals surface area (Å²) in [6.45, 7) is 0. The monoisotopic (exact) mass is 281 g/mol. The maximum Gasteiger partial charge on any atom is 0.255 e. The van der Waals surface area contributed by atoms with Gasteiger partial charge in [0.2, 0.25) is 0 Å². The molecule has 0 saturated carbocycles. The normalized spacial score (nSPS) is 14.8. The molecule has 20 heavy (non-hydrogen) atoms. The van der Waals surface area contributed by atoms with Crippen LogP contribution in [-0.4, -0.2) is 18.8 Å². The molecule has 0 aliphatic heterocycles. The molecular formula is C14H13F2NO3. The summed E-state index contributed by atoms with van der Waals surface area (Å²) in [6, 6.07) is 1.78. The number of carbonyl (C=O) groups excluding carboxylic acids is 2. The Morgan fingerprint density at radius 1 is 1.25 bits per heavy atom. The Hall–Kier alpha value is -2.24. The van der Waals surface area contributed by atoms with Gasteiger partial charge in [-0.05, 0) is 25.0 Å². The highest BCUT2D eigenvalue weighted by Crippen LogP contribution is 2.23. The fourth-order valence-electron chi connectivity index (χ4n) is 1.99. The Morgan fingerprint density at radius 3 is 2.45 bits per heavy atom. The van der Waals surface area contributed by atoms with Crippen molar-refractivity contribution in [3.8, 4) is 5.75 Å². The van der Waals surface area contributed by atoms with Crippen LogP contribution in [-0.2, 0) is 4.79 Å². The standard InChI is InChI=1S/C14H13F2NO3/c1-20-13-11(15)5-8(6-12(13)16)14(19)17-9-3-2-4-10(18)7-9/h5-7H,2-4H2,1H3,(H,17,19). The van der Waals surface area contributed by atoms with Gasteiger partial charge in [0.25, 0.3) is 5.91 Å². The molecule has 0 spiro atoms. The van der Waals surface area contributed by atoms with Gasteiger partial charge in [0.15, 0.2) is 23.2 Å². The van der Waals surface area contributed by atoms with Crippen molar-refractivity contribution in [3.05, 3.63) is 41.1 Å². The smallest absolute Gasteiger partial charge is 0.255 e. The number of halogens is 2. The van der Waals surface area contributed by atoms with E-state index in [0.717, 1.165) is 19.2 Å². The van der Waals surface area contributed by atoms with Gasteiger partial charge in [-0.15, -0.1) is 0 Å². The predicted octanol–water partition coefficient (Wildman–Crippen LogP) is 2.34. The average molecular weight is 281 g/mol. The molecule has 0 fully saturated rings. The third-order valence-corrected chi connectivity index (χ3v) is 2.94. The molecule has 0 radical (unpaired) electrons. The van der Waals surface area contributed by atoms with Gasteiger partial charge in [0.1, 0.15) is 0 Å². The van der Waals surface area contributed by atoms with Gasteiger partial charge in [-0.3, -0.25) is 9.59 Å². The van der Waals surface area contributed by atoms with Gasteiger partial charge in [0.05, 0.1) is 7.11 Å². The number of hydrogen-bond donors (Lipinski definition) is 1. The van der Waals surface area contributed by atoms with E-state index in [1.54, 1.807) is 0 Å². The highest BCUT2D eigenvalue weighted by Gasteiger charge is 2.17. The van der Waals surface area contributed by atoms with Crippen LogP contribution in [0.4, 0.5) is 8.78 Å². The molecule has 1 aliphatic carbocycles. The molecule has 2 rings (SSSR count). The number of amides is 1. The van der Waals surface area contributed by atoms with Gasteiger partial charge in [0, 0.05) is 23.8 Å².